The zero-order valence-electron chi connectivity index (χ0n) is 10.9. The number of hydrogen-bond acceptors (Lipinski definition) is 4. The second kappa shape index (κ2) is 8.64. The van der Waals surface area contributed by atoms with E-state index in [2.05, 4.69) is 22.1 Å². The van der Waals surface area contributed by atoms with Crippen molar-refractivity contribution in [1.82, 2.24) is 5.32 Å². The van der Waals surface area contributed by atoms with Crippen LogP contribution in [0, 0.1) is 0 Å². The Hall–Kier alpha value is -0.420. The van der Waals surface area contributed by atoms with E-state index in [4.69, 9.17) is 9.47 Å². The Labute approximate surface area is 113 Å². The summed E-state index contributed by atoms with van der Waals surface area (Å²) in [4.78, 5) is 0. The Bertz CT molecular complexity index is 297. The second-order valence-electron chi connectivity index (χ2n) is 4.70. The predicted molar refractivity (Wildman–Crippen MR) is 75.3 cm³/mol. The number of rotatable bonds is 8. The Morgan fingerprint density at radius 3 is 3.17 bits per heavy atom. The van der Waals surface area contributed by atoms with Crippen LogP contribution in [0.3, 0.4) is 0 Å². The summed E-state index contributed by atoms with van der Waals surface area (Å²) in [5.74, 6) is 0. The second-order valence-corrected chi connectivity index (χ2v) is 5.48. The Morgan fingerprint density at radius 1 is 1.39 bits per heavy atom. The van der Waals surface area contributed by atoms with E-state index in [9.17, 15) is 0 Å². The summed E-state index contributed by atoms with van der Waals surface area (Å²) in [6.07, 6.45) is 5.10. The van der Waals surface area contributed by atoms with E-state index in [-0.39, 0.29) is 0 Å². The molecule has 2 heterocycles. The van der Waals surface area contributed by atoms with Gasteiger partial charge >= 0.3 is 0 Å². The van der Waals surface area contributed by atoms with Crippen LogP contribution in [-0.2, 0) is 15.9 Å². The van der Waals surface area contributed by atoms with E-state index >= 15 is 0 Å². The molecule has 0 spiro atoms. The third-order valence-corrected chi connectivity index (χ3v) is 3.90. The van der Waals surface area contributed by atoms with E-state index in [0.717, 1.165) is 45.8 Å². The molecule has 1 aromatic heterocycles. The Morgan fingerprint density at radius 2 is 2.39 bits per heavy atom. The van der Waals surface area contributed by atoms with Crippen LogP contribution < -0.4 is 5.32 Å². The minimum Gasteiger partial charge on any atom is -0.377 e. The molecule has 0 radical (unpaired) electrons. The van der Waals surface area contributed by atoms with E-state index in [1.807, 2.05) is 0 Å². The van der Waals surface area contributed by atoms with Gasteiger partial charge in [-0.05, 0) is 54.6 Å². The van der Waals surface area contributed by atoms with Gasteiger partial charge in [0.05, 0.1) is 19.3 Å². The van der Waals surface area contributed by atoms with Gasteiger partial charge in [0, 0.05) is 13.2 Å². The molecular weight excluding hydrogens is 246 g/mol. The number of nitrogens with one attached hydrogen (secondary N) is 1. The lowest BCUT2D eigenvalue weighted by Gasteiger charge is -2.22. The van der Waals surface area contributed by atoms with Crippen LogP contribution in [0.2, 0.25) is 0 Å². The molecule has 2 rings (SSSR count). The van der Waals surface area contributed by atoms with Crippen molar-refractivity contribution in [2.75, 3.05) is 32.9 Å². The average Bonchev–Trinajstić information content (AvgIpc) is 2.92. The average molecular weight is 269 g/mol. The Balaban J connectivity index is 1.39. The van der Waals surface area contributed by atoms with E-state index in [0.29, 0.717) is 6.10 Å². The lowest BCUT2D eigenvalue weighted by atomic mass is 10.1. The van der Waals surface area contributed by atoms with E-state index < -0.39 is 0 Å². The summed E-state index contributed by atoms with van der Waals surface area (Å²) in [6, 6.07) is 2.18. The first-order valence-corrected chi connectivity index (χ1v) is 7.80. The fourth-order valence-corrected chi connectivity index (χ4v) is 2.79. The van der Waals surface area contributed by atoms with Crippen LogP contribution in [0.1, 0.15) is 24.8 Å². The maximum Gasteiger partial charge on any atom is 0.0808 e. The van der Waals surface area contributed by atoms with Gasteiger partial charge in [0.15, 0.2) is 0 Å². The molecule has 0 amide bonds. The summed E-state index contributed by atoms with van der Waals surface area (Å²) < 4.78 is 11.2. The SMILES string of the molecule is c1cc(CCNCCOCC2CCCCO2)cs1. The molecule has 0 saturated carbocycles. The zero-order valence-corrected chi connectivity index (χ0v) is 11.7. The maximum atomic E-state index is 5.62. The highest BCUT2D eigenvalue weighted by Gasteiger charge is 2.13. The van der Waals surface area contributed by atoms with Crippen molar-refractivity contribution < 1.29 is 9.47 Å². The zero-order chi connectivity index (χ0) is 12.5. The summed E-state index contributed by atoms with van der Waals surface area (Å²) in [7, 11) is 0. The molecule has 18 heavy (non-hydrogen) atoms. The highest BCUT2D eigenvalue weighted by atomic mass is 32.1. The lowest BCUT2D eigenvalue weighted by Crippen LogP contribution is -2.27. The van der Waals surface area contributed by atoms with Crippen molar-refractivity contribution in [2.24, 2.45) is 0 Å². The first kappa shape index (κ1) is 14.0. The van der Waals surface area contributed by atoms with Crippen LogP contribution in [-0.4, -0.2) is 39.0 Å². The lowest BCUT2D eigenvalue weighted by molar-refractivity contribution is -0.0398. The highest BCUT2D eigenvalue weighted by molar-refractivity contribution is 7.07. The molecule has 1 atom stereocenters. The van der Waals surface area contributed by atoms with Crippen LogP contribution in [0.25, 0.3) is 0 Å². The normalized spacial score (nSPS) is 20.1. The van der Waals surface area contributed by atoms with Crippen molar-refractivity contribution >= 4 is 11.3 Å². The van der Waals surface area contributed by atoms with Gasteiger partial charge in [-0.1, -0.05) is 0 Å². The first-order chi connectivity index (χ1) is 8.95. The topological polar surface area (TPSA) is 30.5 Å². The summed E-state index contributed by atoms with van der Waals surface area (Å²) in [5, 5.41) is 7.73. The third kappa shape index (κ3) is 5.48. The minimum absolute atomic E-state index is 0.338. The van der Waals surface area contributed by atoms with Gasteiger partial charge < -0.3 is 14.8 Å². The number of hydrogen-bond donors (Lipinski definition) is 1. The maximum absolute atomic E-state index is 5.62. The molecule has 1 unspecified atom stereocenters. The van der Waals surface area contributed by atoms with Crippen molar-refractivity contribution in [3.8, 4) is 0 Å². The van der Waals surface area contributed by atoms with Crippen LogP contribution in [0.15, 0.2) is 16.8 Å². The molecule has 4 heteroatoms. The summed E-state index contributed by atoms with van der Waals surface area (Å²) in [6.45, 7) is 4.40. The number of thiophene rings is 1. The molecule has 1 fully saturated rings. The third-order valence-electron chi connectivity index (χ3n) is 3.17. The molecule has 1 aliphatic rings. The van der Waals surface area contributed by atoms with Crippen molar-refractivity contribution in [3.05, 3.63) is 22.4 Å². The van der Waals surface area contributed by atoms with Crippen LogP contribution >= 0.6 is 11.3 Å². The summed E-state index contributed by atoms with van der Waals surface area (Å²) >= 11 is 1.76. The molecule has 0 aliphatic carbocycles. The molecule has 1 N–H and O–H groups in total. The minimum atomic E-state index is 0.338. The van der Waals surface area contributed by atoms with Crippen molar-refractivity contribution in [2.45, 2.75) is 31.8 Å². The van der Waals surface area contributed by atoms with Gasteiger partial charge in [0.1, 0.15) is 0 Å². The monoisotopic (exact) mass is 269 g/mol. The van der Waals surface area contributed by atoms with Crippen molar-refractivity contribution in [3.63, 3.8) is 0 Å². The molecule has 1 aromatic rings. The van der Waals surface area contributed by atoms with Crippen LogP contribution in [0.4, 0.5) is 0 Å². The predicted octanol–water partition coefficient (Wildman–Crippen LogP) is 2.47. The molecule has 0 aromatic carbocycles. The fourth-order valence-electron chi connectivity index (χ4n) is 2.09. The molecule has 102 valence electrons. The quantitative estimate of drug-likeness (QED) is 0.735. The number of ether oxygens (including phenoxy) is 2. The van der Waals surface area contributed by atoms with Gasteiger partial charge in [0.2, 0.25) is 0 Å². The van der Waals surface area contributed by atoms with Gasteiger partial charge in [-0.3, -0.25) is 0 Å². The smallest absolute Gasteiger partial charge is 0.0808 e. The summed E-state index contributed by atoms with van der Waals surface area (Å²) in [5.41, 5.74) is 1.42. The fraction of sp³-hybridized carbons (Fsp3) is 0.714. The van der Waals surface area contributed by atoms with Gasteiger partial charge in [-0.25, -0.2) is 0 Å². The molecule has 1 aliphatic heterocycles. The van der Waals surface area contributed by atoms with E-state index in [1.165, 1.54) is 18.4 Å². The highest BCUT2D eigenvalue weighted by Crippen LogP contribution is 2.12. The van der Waals surface area contributed by atoms with Gasteiger partial charge in [0.25, 0.3) is 0 Å². The molecule has 0 bridgehead atoms. The van der Waals surface area contributed by atoms with Gasteiger partial charge in [-0.2, -0.15) is 11.3 Å². The van der Waals surface area contributed by atoms with E-state index in [1.54, 1.807) is 11.3 Å². The van der Waals surface area contributed by atoms with Crippen molar-refractivity contribution in [1.29, 1.82) is 0 Å². The largest absolute Gasteiger partial charge is 0.377 e. The van der Waals surface area contributed by atoms with Crippen LogP contribution in [0.5, 0.6) is 0 Å². The van der Waals surface area contributed by atoms with Gasteiger partial charge in [-0.15, -0.1) is 0 Å². The first-order valence-electron chi connectivity index (χ1n) is 6.86. The molecule has 3 nitrogen and oxygen atoms in total. The molecule has 1 saturated heterocycles. The standard InChI is InChI=1S/C14H23NO2S/c1-2-8-17-14(3-1)11-16-9-7-15-6-4-13-5-10-18-12-13/h5,10,12,14-15H,1-4,6-9,11H2. The molecular formula is C14H23NO2S. The Kier molecular flexibility index (Phi) is 6.72.